The summed E-state index contributed by atoms with van der Waals surface area (Å²) < 4.78 is 50.6. The lowest BCUT2D eigenvalue weighted by molar-refractivity contribution is 0.436. The van der Waals surface area contributed by atoms with Gasteiger partial charge in [0.05, 0.1) is 0 Å². The molecule has 0 atom stereocenters. The third kappa shape index (κ3) is 33.1. The van der Waals surface area contributed by atoms with Crippen LogP contribution in [0.25, 0.3) is 76.1 Å². The van der Waals surface area contributed by atoms with E-state index in [4.69, 9.17) is 0 Å². The first-order valence-electron chi connectivity index (χ1n) is 46.8. The lowest BCUT2D eigenvalue weighted by Crippen LogP contribution is -2.02. The smallest absolute Gasteiger partial charge is 0.165 e. The molecule has 16 aromatic carbocycles. The normalized spacial score (nSPS) is 10.4. The molecule has 2 nitrogen and oxygen atoms in total. The lowest BCUT2D eigenvalue weighted by Gasteiger charge is -2.11. The fourth-order valence-corrected chi connectivity index (χ4v) is 16.2. The van der Waals surface area contributed by atoms with Gasteiger partial charge in [0, 0.05) is 44.7 Å². The van der Waals surface area contributed by atoms with Crippen LogP contribution < -0.4 is 0 Å². The zero-order chi connectivity index (χ0) is 99.2. The molecule has 0 N–H and O–H groups in total. The highest BCUT2D eigenvalue weighted by molar-refractivity contribution is 7.11. The maximum absolute atomic E-state index is 12.7. The van der Waals surface area contributed by atoms with Crippen LogP contribution in [0.15, 0.2) is 352 Å². The average molecular weight is 1820 g/mol. The van der Waals surface area contributed by atoms with Crippen LogP contribution >= 0.6 is 11.3 Å². The standard InChI is InChI=1S/2C16H14.C15H14.C14H14.C12H12.C8H6F4.3C8H10.2C7H9N.C6H8S.C4H8/c1-11-5-3-7-13-10-16-12(2)6-4-8-14(16)9-15(11)13;1-11-13-7-3-5-9-15(13)12(2)16-10-6-4-8-14(11)16;1-10-3-5-14-12(7-10)9-13-8-11(2)4-6-15(13)14;1-11-3-7-13(8-4-11)14-9-5-12(2)6-10-14;1-9-5-3-8-12-10(2)6-4-7-11(9)12;1-3-5(9)7(11)4(2)8(12)6(3)10;1-7-3-5-8(2)6-4-7;1-7-4-3-5-8(2)6-7;1-7-5-3-4-6-8(7)2;1-6-3-7(2)5-8-4-6;1-6-4-3-5-7(2)8-6;1-5-3-4-6(2)7-5;1-3-4-2/h2*3-10H,1-2H3;3-8H,9H2,1-2H3;3-10H,1-2H3;3-8H,1-2H3;1-2H3;3*3-6H,1-2H3;2*3-5H,1-2H3;3-4H,1-2H3;3-4H,1-2H3/b;;;;;;;;;;;;4-3+. The number of allylic oxidation sites excluding steroid dienone is 2. The van der Waals surface area contributed by atoms with Crippen LogP contribution in [0, 0.1) is 189 Å². The van der Waals surface area contributed by atoms with E-state index in [2.05, 4.69) is 444 Å². The molecule has 1 aliphatic carbocycles. The van der Waals surface area contributed by atoms with Crippen LogP contribution in [0.1, 0.15) is 157 Å². The third-order valence-corrected chi connectivity index (χ3v) is 24.5. The Labute approximate surface area is 814 Å². The van der Waals surface area contributed by atoms with Crippen molar-refractivity contribution in [3.05, 3.63) is 519 Å². The monoisotopic (exact) mass is 1820 g/mol. The first kappa shape index (κ1) is 108. The van der Waals surface area contributed by atoms with E-state index in [1.807, 2.05) is 95.6 Å². The second-order valence-electron chi connectivity index (χ2n) is 35.4. The molecular formula is C129H138F4N2S. The number of fused-ring (bicyclic) bond motifs is 8. The number of nitrogens with zero attached hydrogens (tertiary/aromatic N) is 2. The van der Waals surface area contributed by atoms with E-state index < -0.39 is 34.4 Å². The van der Waals surface area contributed by atoms with E-state index in [0.717, 1.165) is 31.7 Å². The molecule has 7 heteroatoms. The summed E-state index contributed by atoms with van der Waals surface area (Å²) in [5, 5.41) is 13.6. The fourth-order valence-electron chi connectivity index (χ4n) is 15.4. The molecule has 0 aliphatic heterocycles. The molecule has 0 bridgehead atoms. The zero-order valence-electron chi connectivity index (χ0n) is 85.0. The first-order valence-corrected chi connectivity index (χ1v) is 47.6. The molecule has 136 heavy (non-hydrogen) atoms. The molecular weight excluding hydrogens is 1690 g/mol. The van der Waals surface area contributed by atoms with Gasteiger partial charge in [-0.1, -0.05) is 348 Å². The van der Waals surface area contributed by atoms with Gasteiger partial charge >= 0.3 is 0 Å². The van der Waals surface area contributed by atoms with Crippen molar-refractivity contribution in [2.75, 3.05) is 0 Å². The zero-order valence-corrected chi connectivity index (χ0v) is 85.8. The molecule has 698 valence electrons. The van der Waals surface area contributed by atoms with Gasteiger partial charge in [0.25, 0.3) is 0 Å². The number of hydrogen-bond acceptors (Lipinski definition) is 3. The summed E-state index contributed by atoms with van der Waals surface area (Å²) in [6, 6.07) is 116. The van der Waals surface area contributed by atoms with Crippen LogP contribution in [-0.2, 0) is 6.42 Å². The molecule has 0 radical (unpaired) electrons. The predicted molar refractivity (Wildman–Crippen MR) is 586 cm³/mol. The summed E-state index contributed by atoms with van der Waals surface area (Å²) in [7, 11) is 0. The molecule has 0 amide bonds. The van der Waals surface area contributed by atoms with Crippen molar-refractivity contribution >= 4 is 65.2 Å². The van der Waals surface area contributed by atoms with Crippen LogP contribution in [0.5, 0.6) is 0 Å². The molecule has 0 unspecified atom stereocenters. The second kappa shape index (κ2) is 54.0. The van der Waals surface area contributed by atoms with Gasteiger partial charge < -0.3 is 0 Å². The SMILES string of the molecule is C/C=C/C.Cc1c(F)c(F)c(C)c(F)c1F.Cc1c2ccccc2c(C)c2ccccc12.Cc1ccc(-c2ccc(C)cc2)cc1.Cc1ccc(C)cc1.Cc1ccc(C)s1.Cc1ccc2c(c1)Cc1cc(C)ccc1-2.Cc1cccc(C)c1.Cc1cccc(C)n1.Cc1cccc2c(C)cccc12.Cc1cccc2cc3c(C)cccc3cc12.Cc1ccccc1C.Cc1cncc(C)c1. The number of aromatic nitrogens is 2. The van der Waals surface area contributed by atoms with Gasteiger partial charge in [-0.05, 0) is 366 Å². The third-order valence-electron chi connectivity index (χ3n) is 23.5. The molecule has 3 aromatic heterocycles. The Morgan fingerprint density at radius 3 is 0.779 bits per heavy atom. The number of pyridine rings is 2. The van der Waals surface area contributed by atoms with E-state index in [1.165, 1.54) is 197 Å². The topological polar surface area (TPSA) is 25.8 Å². The minimum absolute atomic E-state index is 0.629. The van der Waals surface area contributed by atoms with E-state index in [0.29, 0.717) is 0 Å². The Bertz CT molecular complexity index is 6460. The Hall–Kier alpha value is -13.7. The van der Waals surface area contributed by atoms with Gasteiger partial charge in [-0.25, -0.2) is 17.6 Å². The maximum atomic E-state index is 12.7. The summed E-state index contributed by atoms with van der Waals surface area (Å²) in [6.07, 6.45) is 8.81. The molecule has 0 saturated heterocycles. The van der Waals surface area contributed by atoms with E-state index in [1.54, 1.807) is 0 Å². The summed E-state index contributed by atoms with van der Waals surface area (Å²) in [6.45, 7) is 52.5. The minimum atomic E-state index is -1.33. The van der Waals surface area contributed by atoms with E-state index >= 15 is 0 Å². The number of benzene rings is 16. The maximum Gasteiger partial charge on any atom is 0.165 e. The molecule has 0 fully saturated rings. The highest BCUT2D eigenvalue weighted by Gasteiger charge is 2.21. The fraction of sp³-hybridized carbons (Fsp3) is 0.209. The van der Waals surface area contributed by atoms with Crippen LogP contribution in [0.2, 0.25) is 0 Å². The summed E-state index contributed by atoms with van der Waals surface area (Å²) in [5.41, 5.74) is 33.3. The van der Waals surface area contributed by atoms with Crippen LogP contribution in [0.4, 0.5) is 17.6 Å². The minimum Gasteiger partial charge on any atom is -0.264 e. The first-order chi connectivity index (χ1) is 64.9. The van der Waals surface area contributed by atoms with Gasteiger partial charge in [0.1, 0.15) is 0 Å². The Morgan fingerprint density at radius 2 is 0.500 bits per heavy atom. The predicted octanol–water partition coefficient (Wildman–Crippen LogP) is 37.6. The average Bonchev–Trinajstić information content (AvgIpc) is 0.981. The molecule has 19 aromatic rings. The van der Waals surface area contributed by atoms with E-state index in [-0.39, 0.29) is 0 Å². The summed E-state index contributed by atoms with van der Waals surface area (Å²) in [4.78, 5) is 11.0. The van der Waals surface area contributed by atoms with Gasteiger partial charge in [-0.3, -0.25) is 9.97 Å². The van der Waals surface area contributed by atoms with Crippen molar-refractivity contribution in [2.45, 2.75) is 186 Å². The van der Waals surface area contributed by atoms with Gasteiger partial charge in [0.15, 0.2) is 23.3 Å². The number of hydrogen-bond donors (Lipinski definition) is 0. The molecule has 1 aliphatic rings. The van der Waals surface area contributed by atoms with Crippen molar-refractivity contribution in [2.24, 2.45) is 0 Å². The second-order valence-corrected chi connectivity index (χ2v) is 36.9. The summed E-state index contributed by atoms with van der Waals surface area (Å²) >= 11 is 1.84. The highest BCUT2D eigenvalue weighted by atomic mass is 32.1. The van der Waals surface area contributed by atoms with Crippen molar-refractivity contribution in [3.63, 3.8) is 0 Å². The number of rotatable bonds is 1. The highest BCUT2D eigenvalue weighted by Crippen LogP contribution is 2.38. The molecule has 0 saturated carbocycles. The Kier molecular flexibility index (Phi) is 42.7. The van der Waals surface area contributed by atoms with Crippen LogP contribution in [-0.4, -0.2) is 9.97 Å². The number of aryl methyl sites for hydroxylation is 22. The summed E-state index contributed by atoms with van der Waals surface area (Å²) in [5.74, 6) is -5.31. The van der Waals surface area contributed by atoms with Crippen molar-refractivity contribution in [1.29, 1.82) is 0 Å². The van der Waals surface area contributed by atoms with Gasteiger partial charge in [-0.2, -0.15) is 0 Å². The molecule has 0 spiro atoms. The van der Waals surface area contributed by atoms with Crippen molar-refractivity contribution in [1.82, 2.24) is 9.97 Å². The Morgan fingerprint density at radius 1 is 0.228 bits per heavy atom. The number of halogens is 4. The van der Waals surface area contributed by atoms with Gasteiger partial charge in [0.2, 0.25) is 0 Å². The molecule has 3 heterocycles. The van der Waals surface area contributed by atoms with Crippen molar-refractivity contribution in [3.8, 4) is 22.3 Å². The van der Waals surface area contributed by atoms with Gasteiger partial charge in [-0.15, -0.1) is 11.3 Å². The quantitative estimate of drug-likeness (QED) is 0.0708. The lowest BCUT2D eigenvalue weighted by atomic mass is 9.93. The molecule has 20 rings (SSSR count). The number of thiophene rings is 1. The van der Waals surface area contributed by atoms with Crippen LogP contribution in [0.3, 0.4) is 0 Å². The largest absolute Gasteiger partial charge is 0.264 e. The Balaban J connectivity index is 0.000000183. The van der Waals surface area contributed by atoms with E-state index in [9.17, 15) is 17.6 Å². The van der Waals surface area contributed by atoms with Crippen molar-refractivity contribution < 1.29 is 17.6 Å².